The Morgan fingerprint density at radius 3 is 2.53 bits per heavy atom. The molecule has 0 aliphatic heterocycles. The van der Waals surface area contributed by atoms with Crippen molar-refractivity contribution in [2.24, 2.45) is 5.92 Å². The Balaban J connectivity index is 1.79. The summed E-state index contributed by atoms with van der Waals surface area (Å²) in [6.07, 6.45) is 9.96. The molecule has 2 N–H and O–H groups in total. The van der Waals surface area contributed by atoms with Gasteiger partial charge in [0, 0.05) is 12.1 Å². The maximum atomic E-state index is 9.90. The van der Waals surface area contributed by atoms with Gasteiger partial charge in [0.25, 0.3) is 0 Å². The Morgan fingerprint density at radius 1 is 1.00 bits per heavy atom. The summed E-state index contributed by atoms with van der Waals surface area (Å²) in [7, 11) is 0. The lowest BCUT2D eigenvalue weighted by Crippen LogP contribution is -2.48. The van der Waals surface area contributed by atoms with Crippen molar-refractivity contribution in [1.29, 1.82) is 0 Å². The van der Waals surface area contributed by atoms with Crippen molar-refractivity contribution in [3.8, 4) is 0 Å². The first-order chi connectivity index (χ1) is 7.25. The van der Waals surface area contributed by atoms with E-state index in [4.69, 9.17) is 0 Å². The van der Waals surface area contributed by atoms with Gasteiger partial charge >= 0.3 is 0 Å². The lowest BCUT2D eigenvalue weighted by Gasteiger charge is -2.35. The van der Waals surface area contributed by atoms with E-state index in [9.17, 15) is 5.11 Å². The minimum absolute atomic E-state index is 0.0871. The summed E-state index contributed by atoms with van der Waals surface area (Å²) in [4.78, 5) is 0. The number of rotatable bonds is 2. The summed E-state index contributed by atoms with van der Waals surface area (Å²) in [5.41, 5.74) is 0. The van der Waals surface area contributed by atoms with Gasteiger partial charge in [-0.2, -0.15) is 0 Å². The molecule has 15 heavy (non-hydrogen) atoms. The van der Waals surface area contributed by atoms with Gasteiger partial charge < -0.3 is 10.4 Å². The maximum Gasteiger partial charge on any atom is 0.0693 e. The normalized spacial score (nSPS) is 42.8. The molecule has 0 bridgehead atoms. The van der Waals surface area contributed by atoms with Crippen LogP contribution in [0.2, 0.25) is 0 Å². The Bertz CT molecular complexity index is 195. The highest BCUT2D eigenvalue weighted by Gasteiger charge is 2.27. The van der Waals surface area contributed by atoms with E-state index < -0.39 is 0 Å². The molecule has 0 saturated heterocycles. The Morgan fingerprint density at radius 2 is 1.80 bits per heavy atom. The molecule has 88 valence electrons. The summed E-state index contributed by atoms with van der Waals surface area (Å²) < 4.78 is 0. The SMILES string of the molecule is CC1CCCC(NC2CCCCC2O)C1. The van der Waals surface area contributed by atoms with Crippen LogP contribution in [-0.2, 0) is 0 Å². The van der Waals surface area contributed by atoms with Gasteiger partial charge in [-0.25, -0.2) is 0 Å². The molecular formula is C13H25NO. The van der Waals surface area contributed by atoms with E-state index in [1.807, 2.05) is 0 Å². The summed E-state index contributed by atoms with van der Waals surface area (Å²) >= 11 is 0. The summed E-state index contributed by atoms with van der Waals surface area (Å²) in [6, 6.07) is 1.06. The lowest BCUT2D eigenvalue weighted by atomic mass is 9.85. The van der Waals surface area contributed by atoms with Gasteiger partial charge in [0.2, 0.25) is 0 Å². The predicted octanol–water partition coefficient (Wildman–Crippen LogP) is 2.46. The molecule has 2 fully saturated rings. The zero-order valence-electron chi connectivity index (χ0n) is 9.91. The molecule has 2 saturated carbocycles. The number of aliphatic hydroxyl groups is 1. The van der Waals surface area contributed by atoms with Crippen molar-refractivity contribution < 1.29 is 5.11 Å². The van der Waals surface area contributed by atoms with Crippen LogP contribution >= 0.6 is 0 Å². The number of aliphatic hydroxyl groups excluding tert-OH is 1. The fourth-order valence-corrected chi connectivity index (χ4v) is 3.19. The average Bonchev–Trinajstić information content (AvgIpc) is 2.22. The molecule has 0 spiro atoms. The van der Waals surface area contributed by atoms with Gasteiger partial charge in [-0.3, -0.25) is 0 Å². The highest BCUT2D eigenvalue weighted by molar-refractivity contribution is 4.85. The van der Waals surface area contributed by atoms with Gasteiger partial charge in [0.15, 0.2) is 0 Å². The first kappa shape index (κ1) is 11.4. The monoisotopic (exact) mass is 211 g/mol. The minimum atomic E-state index is -0.0871. The molecule has 4 atom stereocenters. The third kappa shape index (κ3) is 3.18. The molecule has 2 aliphatic rings. The third-order valence-electron chi connectivity index (χ3n) is 4.12. The fraction of sp³-hybridized carbons (Fsp3) is 1.00. The van der Waals surface area contributed by atoms with Crippen molar-refractivity contribution in [3.05, 3.63) is 0 Å². The van der Waals surface area contributed by atoms with Crippen LogP contribution in [0.4, 0.5) is 0 Å². The average molecular weight is 211 g/mol. The number of hydrogen-bond donors (Lipinski definition) is 2. The second-order valence-corrected chi connectivity index (χ2v) is 5.59. The molecule has 4 unspecified atom stereocenters. The van der Waals surface area contributed by atoms with Crippen LogP contribution in [0.15, 0.2) is 0 Å². The van der Waals surface area contributed by atoms with Crippen LogP contribution in [-0.4, -0.2) is 23.3 Å². The second-order valence-electron chi connectivity index (χ2n) is 5.59. The first-order valence-electron chi connectivity index (χ1n) is 6.70. The second kappa shape index (κ2) is 5.31. The summed E-state index contributed by atoms with van der Waals surface area (Å²) in [6.45, 7) is 2.35. The molecule has 0 heterocycles. The topological polar surface area (TPSA) is 32.3 Å². The Kier molecular flexibility index (Phi) is 4.04. The van der Waals surface area contributed by atoms with Crippen molar-refractivity contribution in [2.45, 2.75) is 76.5 Å². The Hall–Kier alpha value is -0.0800. The smallest absolute Gasteiger partial charge is 0.0693 e. The van der Waals surface area contributed by atoms with Crippen LogP contribution in [0, 0.1) is 5.92 Å². The summed E-state index contributed by atoms with van der Waals surface area (Å²) in [5, 5.41) is 13.6. The van der Waals surface area contributed by atoms with E-state index in [1.165, 1.54) is 44.9 Å². The highest BCUT2D eigenvalue weighted by Crippen LogP contribution is 2.26. The standard InChI is InChI=1S/C13H25NO/c1-10-5-4-6-11(9-10)14-12-7-2-3-8-13(12)15/h10-15H,2-9H2,1H3. The van der Waals surface area contributed by atoms with Crippen LogP contribution in [0.3, 0.4) is 0 Å². The quantitative estimate of drug-likeness (QED) is 0.735. The first-order valence-corrected chi connectivity index (χ1v) is 6.70. The molecule has 0 aromatic carbocycles. The van der Waals surface area contributed by atoms with Gasteiger partial charge in [-0.1, -0.05) is 32.6 Å². The van der Waals surface area contributed by atoms with E-state index in [2.05, 4.69) is 12.2 Å². The van der Waals surface area contributed by atoms with Crippen molar-refractivity contribution in [1.82, 2.24) is 5.32 Å². The fourth-order valence-electron chi connectivity index (χ4n) is 3.19. The van der Waals surface area contributed by atoms with E-state index in [1.54, 1.807) is 0 Å². The molecule has 0 radical (unpaired) electrons. The number of nitrogens with one attached hydrogen (secondary N) is 1. The lowest BCUT2D eigenvalue weighted by molar-refractivity contribution is 0.0793. The maximum absolute atomic E-state index is 9.90. The van der Waals surface area contributed by atoms with Crippen LogP contribution < -0.4 is 5.32 Å². The van der Waals surface area contributed by atoms with Gasteiger partial charge in [-0.15, -0.1) is 0 Å². The highest BCUT2D eigenvalue weighted by atomic mass is 16.3. The van der Waals surface area contributed by atoms with Crippen LogP contribution in [0.5, 0.6) is 0 Å². The molecule has 0 aromatic heterocycles. The van der Waals surface area contributed by atoms with E-state index in [-0.39, 0.29) is 6.10 Å². The predicted molar refractivity (Wildman–Crippen MR) is 62.8 cm³/mol. The largest absolute Gasteiger partial charge is 0.392 e. The van der Waals surface area contributed by atoms with Gasteiger partial charge in [-0.05, 0) is 31.6 Å². The molecule has 0 aromatic rings. The zero-order valence-corrected chi connectivity index (χ0v) is 9.91. The molecular weight excluding hydrogens is 186 g/mol. The minimum Gasteiger partial charge on any atom is -0.392 e. The van der Waals surface area contributed by atoms with Crippen LogP contribution in [0.1, 0.15) is 58.3 Å². The van der Waals surface area contributed by atoms with E-state index >= 15 is 0 Å². The third-order valence-corrected chi connectivity index (χ3v) is 4.12. The number of hydrogen-bond acceptors (Lipinski definition) is 2. The molecule has 2 aliphatic carbocycles. The van der Waals surface area contributed by atoms with Crippen molar-refractivity contribution >= 4 is 0 Å². The van der Waals surface area contributed by atoms with Crippen molar-refractivity contribution in [3.63, 3.8) is 0 Å². The molecule has 0 amide bonds. The molecule has 2 rings (SSSR count). The van der Waals surface area contributed by atoms with E-state index in [0.717, 1.165) is 12.3 Å². The van der Waals surface area contributed by atoms with Gasteiger partial charge in [0.1, 0.15) is 0 Å². The van der Waals surface area contributed by atoms with Crippen LogP contribution in [0.25, 0.3) is 0 Å². The van der Waals surface area contributed by atoms with Gasteiger partial charge in [0.05, 0.1) is 6.10 Å². The summed E-state index contributed by atoms with van der Waals surface area (Å²) in [5.74, 6) is 0.872. The Labute approximate surface area is 93.5 Å². The van der Waals surface area contributed by atoms with Crippen molar-refractivity contribution in [2.75, 3.05) is 0 Å². The zero-order chi connectivity index (χ0) is 10.7. The molecule has 2 heteroatoms. The van der Waals surface area contributed by atoms with E-state index in [0.29, 0.717) is 12.1 Å². The molecule has 2 nitrogen and oxygen atoms in total.